The molecular weight excluding hydrogens is 396 g/mol. The van der Waals surface area contributed by atoms with Gasteiger partial charge in [-0.25, -0.2) is 0 Å². The van der Waals surface area contributed by atoms with Crippen molar-refractivity contribution in [1.82, 2.24) is 10.2 Å². The van der Waals surface area contributed by atoms with Crippen molar-refractivity contribution in [2.45, 2.75) is 45.6 Å². The predicted molar refractivity (Wildman–Crippen MR) is 121 cm³/mol. The minimum absolute atomic E-state index is 0.0414. The van der Waals surface area contributed by atoms with Gasteiger partial charge in [-0.3, -0.25) is 9.59 Å². The van der Waals surface area contributed by atoms with Crippen molar-refractivity contribution < 1.29 is 9.59 Å². The molecule has 30 heavy (non-hydrogen) atoms. The van der Waals surface area contributed by atoms with E-state index in [1.807, 2.05) is 47.4 Å². The standard InChI is InChI=1S/C25H31ClN2O2/c1-18(2)24(20-9-11-22(26)12-10-20)27-25(30)21-14-16-28(17-15-21)23(29)13-8-19-6-4-3-5-7-19/h3-7,9-12,18,21,24H,8,13-17H2,1-2H3,(H,27,30). The van der Waals surface area contributed by atoms with Crippen LogP contribution in [0.3, 0.4) is 0 Å². The molecule has 1 saturated heterocycles. The van der Waals surface area contributed by atoms with Gasteiger partial charge in [0.15, 0.2) is 0 Å². The van der Waals surface area contributed by atoms with Gasteiger partial charge >= 0.3 is 0 Å². The first kappa shape index (κ1) is 22.4. The molecule has 1 N–H and O–H groups in total. The number of benzene rings is 2. The molecule has 4 nitrogen and oxygen atoms in total. The van der Waals surface area contributed by atoms with Crippen LogP contribution in [0.2, 0.25) is 5.02 Å². The van der Waals surface area contributed by atoms with E-state index in [1.54, 1.807) is 0 Å². The van der Waals surface area contributed by atoms with E-state index in [-0.39, 0.29) is 29.7 Å². The first-order valence-corrected chi connectivity index (χ1v) is 11.2. The number of hydrogen-bond donors (Lipinski definition) is 1. The Balaban J connectivity index is 1.49. The van der Waals surface area contributed by atoms with E-state index in [4.69, 9.17) is 11.6 Å². The van der Waals surface area contributed by atoms with Gasteiger partial charge in [0.2, 0.25) is 11.8 Å². The molecule has 1 aliphatic rings. The highest BCUT2D eigenvalue weighted by Gasteiger charge is 2.29. The Hall–Kier alpha value is -2.33. The lowest BCUT2D eigenvalue weighted by Gasteiger charge is -2.33. The Morgan fingerprint density at radius 3 is 2.27 bits per heavy atom. The zero-order valence-electron chi connectivity index (χ0n) is 17.8. The van der Waals surface area contributed by atoms with Gasteiger partial charge < -0.3 is 10.2 Å². The van der Waals surface area contributed by atoms with Crippen LogP contribution in [0.5, 0.6) is 0 Å². The Bertz CT molecular complexity index is 828. The number of piperidine rings is 1. The molecule has 0 saturated carbocycles. The van der Waals surface area contributed by atoms with E-state index in [1.165, 1.54) is 5.56 Å². The maximum atomic E-state index is 12.9. The highest BCUT2D eigenvalue weighted by atomic mass is 35.5. The van der Waals surface area contributed by atoms with Gasteiger partial charge in [-0.1, -0.05) is 67.9 Å². The Morgan fingerprint density at radius 1 is 1.03 bits per heavy atom. The summed E-state index contributed by atoms with van der Waals surface area (Å²) >= 11 is 6.00. The van der Waals surface area contributed by atoms with E-state index in [9.17, 15) is 9.59 Å². The van der Waals surface area contributed by atoms with E-state index in [0.29, 0.717) is 37.4 Å². The summed E-state index contributed by atoms with van der Waals surface area (Å²) < 4.78 is 0. The number of halogens is 1. The molecule has 2 aromatic carbocycles. The molecule has 1 unspecified atom stereocenters. The molecule has 1 heterocycles. The summed E-state index contributed by atoms with van der Waals surface area (Å²) in [6.07, 6.45) is 2.72. The van der Waals surface area contributed by atoms with Crippen LogP contribution in [-0.2, 0) is 16.0 Å². The molecule has 0 bridgehead atoms. The Labute approximate surface area is 184 Å². The van der Waals surface area contributed by atoms with Crippen molar-refractivity contribution in [2.75, 3.05) is 13.1 Å². The normalized spacial score (nSPS) is 15.8. The molecule has 3 rings (SSSR count). The summed E-state index contributed by atoms with van der Waals surface area (Å²) in [5, 5.41) is 3.92. The zero-order chi connectivity index (χ0) is 21.5. The third-order valence-electron chi connectivity index (χ3n) is 5.88. The molecule has 5 heteroatoms. The third kappa shape index (κ3) is 6.09. The fraction of sp³-hybridized carbons (Fsp3) is 0.440. The first-order valence-electron chi connectivity index (χ1n) is 10.8. The van der Waals surface area contributed by atoms with Gasteiger partial charge in [0.25, 0.3) is 0 Å². The van der Waals surface area contributed by atoms with Crippen LogP contribution in [0.1, 0.15) is 50.3 Å². The van der Waals surface area contributed by atoms with Crippen LogP contribution < -0.4 is 5.32 Å². The number of hydrogen-bond acceptors (Lipinski definition) is 2. The zero-order valence-corrected chi connectivity index (χ0v) is 18.6. The smallest absolute Gasteiger partial charge is 0.223 e. The molecule has 1 aliphatic heterocycles. The fourth-order valence-electron chi connectivity index (χ4n) is 4.02. The van der Waals surface area contributed by atoms with Crippen LogP contribution in [-0.4, -0.2) is 29.8 Å². The first-order chi connectivity index (χ1) is 14.4. The van der Waals surface area contributed by atoms with Crippen molar-refractivity contribution in [3.05, 3.63) is 70.7 Å². The van der Waals surface area contributed by atoms with Gasteiger partial charge in [-0.2, -0.15) is 0 Å². The van der Waals surface area contributed by atoms with Crippen molar-refractivity contribution in [3.63, 3.8) is 0 Å². The van der Waals surface area contributed by atoms with Gasteiger partial charge in [-0.05, 0) is 48.4 Å². The number of likely N-dealkylation sites (tertiary alicyclic amines) is 1. The second kappa shape index (κ2) is 10.6. The largest absolute Gasteiger partial charge is 0.349 e. The number of carbonyl (C=O) groups excluding carboxylic acids is 2. The molecule has 0 aromatic heterocycles. The molecule has 0 radical (unpaired) electrons. The van der Waals surface area contributed by atoms with Crippen LogP contribution in [0.4, 0.5) is 0 Å². The summed E-state index contributed by atoms with van der Waals surface area (Å²) in [7, 11) is 0. The van der Waals surface area contributed by atoms with Gasteiger partial charge in [-0.15, -0.1) is 0 Å². The SMILES string of the molecule is CC(C)C(NC(=O)C1CCN(C(=O)CCc2ccccc2)CC1)c1ccc(Cl)cc1. The van der Waals surface area contributed by atoms with Crippen LogP contribution in [0.25, 0.3) is 0 Å². The topological polar surface area (TPSA) is 49.4 Å². The van der Waals surface area contributed by atoms with E-state index >= 15 is 0 Å². The molecule has 1 fully saturated rings. The second-order valence-electron chi connectivity index (χ2n) is 8.42. The molecule has 0 spiro atoms. The minimum atomic E-state index is -0.0447. The fourth-order valence-corrected chi connectivity index (χ4v) is 4.15. The minimum Gasteiger partial charge on any atom is -0.349 e. The average Bonchev–Trinajstić information content (AvgIpc) is 2.77. The lowest BCUT2D eigenvalue weighted by atomic mass is 9.92. The van der Waals surface area contributed by atoms with Crippen molar-refractivity contribution >= 4 is 23.4 Å². The molecular formula is C25H31ClN2O2. The maximum Gasteiger partial charge on any atom is 0.223 e. The molecule has 0 aliphatic carbocycles. The van der Waals surface area contributed by atoms with Gasteiger partial charge in [0.1, 0.15) is 0 Å². The summed E-state index contributed by atoms with van der Waals surface area (Å²) in [5.74, 6) is 0.491. The van der Waals surface area contributed by atoms with Crippen molar-refractivity contribution in [1.29, 1.82) is 0 Å². The number of aryl methyl sites for hydroxylation is 1. The third-order valence-corrected chi connectivity index (χ3v) is 6.13. The van der Waals surface area contributed by atoms with E-state index < -0.39 is 0 Å². The lowest BCUT2D eigenvalue weighted by Crippen LogP contribution is -2.44. The van der Waals surface area contributed by atoms with Crippen LogP contribution in [0.15, 0.2) is 54.6 Å². The number of nitrogens with one attached hydrogen (secondary N) is 1. The predicted octanol–water partition coefficient (Wildman–Crippen LogP) is 5.02. The number of carbonyl (C=O) groups is 2. The average molecular weight is 427 g/mol. The van der Waals surface area contributed by atoms with Crippen molar-refractivity contribution in [3.8, 4) is 0 Å². The number of rotatable bonds is 7. The van der Waals surface area contributed by atoms with Crippen molar-refractivity contribution in [2.24, 2.45) is 11.8 Å². The summed E-state index contributed by atoms with van der Waals surface area (Å²) in [6, 6.07) is 17.7. The summed E-state index contributed by atoms with van der Waals surface area (Å²) in [6.45, 7) is 5.51. The number of amides is 2. The summed E-state index contributed by atoms with van der Waals surface area (Å²) in [5.41, 5.74) is 2.25. The maximum absolute atomic E-state index is 12.9. The van der Waals surface area contributed by atoms with E-state index in [2.05, 4.69) is 31.3 Å². The highest BCUT2D eigenvalue weighted by Crippen LogP contribution is 2.25. The monoisotopic (exact) mass is 426 g/mol. The highest BCUT2D eigenvalue weighted by molar-refractivity contribution is 6.30. The Morgan fingerprint density at radius 2 is 1.67 bits per heavy atom. The molecule has 160 valence electrons. The van der Waals surface area contributed by atoms with Crippen LogP contribution in [0, 0.1) is 11.8 Å². The number of nitrogens with zero attached hydrogens (tertiary/aromatic N) is 1. The molecule has 1 atom stereocenters. The second-order valence-corrected chi connectivity index (χ2v) is 8.86. The lowest BCUT2D eigenvalue weighted by molar-refractivity contribution is -0.135. The summed E-state index contributed by atoms with van der Waals surface area (Å²) in [4.78, 5) is 27.4. The van der Waals surface area contributed by atoms with Gasteiger partial charge in [0, 0.05) is 30.5 Å². The quantitative estimate of drug-likeness (QED) is 0.675. The Kier molecular flexibility index (Phi) is 7.92. The van der Waals surface area contributed by atoms with Crippen LogP contribution >= 0.6 is 11.6 Å². The molecule has 2 amide bonds. The van der Waals surface area contributed by atoms with E-state index in [0.717, 1.165) is 12.0 Å². The molecule has 2 aromatic rings. The van der Waals surface area contributed by atoms with Gasteiger partial charge in [0.05, 0.1) is 6.04 Å².